The fourth-order valence-corrected chi connectivity index (χ4v) is 4.62. The average Bonchev–Trinajstić information content (AvgIpc) is 3.19. The van der Waals surface area contributed by atoms with E-state index in [1.165, 1.54) is 31.0 Å². The molecule has 0 saturated heterocycles. The van der Waals surface area contributed by atoms with Gasteiger partial charge in [0.1, 0.15) is 17.9 Å². The smallest absolute Gasteiger partial charge is 0.343 e. The minimum Gasteiger partial charge on any atom is -0.484 e. The SMILES string of the molecule is COCCOc1cnc2ccc(-c3cnc(OC)c(NS(=O)(=O)n4nc(C)cc4C)c3)cn2c1=O. The number of ether oxygens (including phenoxy) is 3. The molecule has 184 valence electrons. The molecule has 4 heterocycles. The van der Waals surface area contributed by atoms with Crippen molar-refractivity contribution in [1.82, 2.24) is 23.6 Å². The van der Waals surface area contributed by atoms with Crippen LogP contribution in [0.4, 0.5) is 5.69 Å². The molecule has 12 nitrogen and oxygen atoms in total. The lowest BCUT2D eigenvalue weighted by Crippen LogP contribution is -2.24. The van der Waals surface area contributed by atoms with Gasteiger partial charge in [-0.25, -0.2) is 9.97 Å². The van der Waals surface area contributed by atoms with Crippen LogP contribution in [0.5, 0.6) is 11.6 Å². The second-order valence-corrected chi connectivity index (χ2v) is 9.07. The van der Waals surface area contributed by atoms with Crippen LogP contribution in [0.15, 0.2) is 47.7 Å². The van der Waals surface area contributed by atoms with Gasteiger partial charge in [-0.15, -0.1) is 4.09 Å². The van der Waals surface area contributed by atoms with E-state index >= 15 is 0 Å². The van der Waals surface area contributed by atoms with Crippen molar-refractivity contribution in [3.8, 4) is 22.8 Å². The third kappa shape index (κ3) is 4.95. The van der Waals surface area contributed by atoms with E-state index in [4.69, 9.17) is 14.2 Å². The standard InChI is InChI=1S/C22H24N6O6S/c1-14-9-15(2)28(25-14)35(30,31)26-18-10-17(11-24-21(18)33-4)16-5-6-20-23-12-19(34-8-7-32-3)22(29)27(20)13-16/h5-6,9-13,26H,7-8H2,1-4H3. The topological polar surface area (TPSA) is 139 Å². The molecule has 1 N–H and O–H groups in total. The molecule has 0 radical (unpaired) electrons. The average molecular weight is 501 g/mol. The number of nitrogens with one attached hydrogen (secondary N) is 1. The second kappa shape index (κ2) is 9.72. The summed E-state index contributed by atoms with van der Waals surface area (Å²) < 4.78 is 46.3. The number of nitrogens with zero attached hydrogens (tertiary/aromatic N) is 5. The van der Waals surface area contributed by atoms with E-state index in [1.54, 1.807) is 44.3 Å². The zero-order valence-electron chi connectivity index (χ0n) is 19.5. The number of fused-ring (bicyclic) bond motifs is 1. The van der Waals surface area contributed by atoms with Gasteiger partial charge >= 0.3 is 10.2 Å². The van der Waals surface area contributed by atoms with Gasteiger partial charge in [0, 0.05) is 30.6 Å². The third-order valence-electron chi connectivity index (χ3n) is 5.03. The van der Waals surface area contributed by atoms with E-state index in [-0.39, 0.29) is 29.5 Å². The van der Waals surface area contributed by atoms with Crippen molar-refractivity contribution in [3.05, 3.63) is 64.6 Å². The van der Waals surface area contributed by atoms with Crippen LogP contribution in [0.1, 0.15) is 11.4 Å². The Balaban J connectivity index is 1.73. The first-order chi connectivity index (χ1) is 16.7. The van der Waals surface area contributed by atoms with E-state index < -0.39 is 10.2 Å². The van der Waals surface area contributed by atoms with E-state index in [0.717, 1.165) is 4.09 Å². The highest BCUT2D eigenvalue weighted by molar-refractivity contribution is 7.91. The number of hydrogen-bond donors (Lipinski definition) is 1. The van der Waals surface area contributed by atoms with Gasteiger partial charge in [0.25, 0.3) is 5.56 Å². The maximum Gasteiger partial charge on any atom is 0.343 e. The van der Waals surface area contributed by atoms with Crippen LogP contribution in [0.2, 0.25) is 0 Å². The van der Waals surface area contributed by atoms with Gasteiger partial charge in [0.2, 0.25) is 11.6 Å². The molecule has 0 atom stereocenters. The first-order valence-electron chi connectivity index (χ1n) is 10.5. The van der Waals surface area contributed by atoms with Crippen molar-refractivity contribution in [2.24, 2.45) is 0 Å². The second-order valence-electron chi connectivity index (χ2n) is 7.57. The van der Waals surface area contributed by atoms with Crippen LogP contribution < -0.4 is 19.8 Å². The van der Waals surface area contributed by atoms with Crippen LogP contribution in [-0.4, -0.2) is 59.4 Å². The number of aryl methyl sites for hydroxylation is 2. The molecule has 0 spiro atoms. The highest BCUT2D eigenvalue weighted by Crippen LogP contribution is 2.29. The van der Waals surface area contributed by atoms with Gasteiger partial charge < -0.3 is 14.2 Å². The zero-order chi connectivity index (χ0) is 25.2. The largest absolute Gasteiger partial charge is 0.484 e. The lowest BCUT2D eigenvalue weighted by atomic mass is 10.1. The molecule has 0 fully saturated rings. The lowest BCUT2D eigenvalue weighted by molar-refractivity contribution is 0.145. The predicted octanol–water partition coefficient (Wildman–Crippen LogP) is 1.81. The third-order valence-corrected chi connectivity index (χ3v) is 6.33. The van der Waals surface area contributed by atoms with Crippen LogP contribution in [-0.2, 0) is 14.9 Å². The maximum atomic E-state index is 12.9. The molecule has 35 heavy (non-hydrogen) atoms. The molecular formula is C22H24N6O6S. The molecule has 13 heteroatoms. The molecule has 0 bridgehead atoms. The van der Waals surface area contributed by atoms with Crippen LogP contribution in [0.25, 0.3) is 16.8 Å². The summed E-state index contributed by atoms with van der Waals surface area (Å²) in [7, 11) is -1.15. The monoisotopic (exact) mass is 500 g/mol. The number of methoxy groups -OCH3 is 2. The Hall–Kier alpha value is -3.97. The molecule has 0 aliphatic carbocycles. The summed E-state index contributed by atoms with van der Waals surface area (Å²) in [6.45, 7) is 3.88. The van der Waals surface area contributed by atoms with Crippen molar-refractivity contribution in [2.75, 3.05) is 32.2 Å². The van der Waals surface area contributed by atoms with Crippen molar-refractivity contribution in [2.45, 2.75) is 13.8 Å². The van der Waals surface area contributed by atoms with Gasteiger partial charge in [-0.2, -0.15) is 13.5 Å². The molecule has 0 saturated carbocycles. The number of rotatable bonds is 9. The van der Waals surface area contributed by atoms with Crippen molar-refractivity contribution >= 4 is 21.5 Å². The first kappa shape index (κ1) is 24.2. The Bertz CT molecular complexity index is 1550. The summed E-state index contributed by atoms with van der Waals surface area (Å²) in [6.07, 6.45) is 4.46. The Morgan fingerprint density at radius 2 is 1.83 bits per heavy atom. The van der Waals surface area contributed by atoms with E-state index in [1.807, 2.05) is 0 Å². The summed E-state index contributed by atoms with van der Waals surface area (Å²) in [5.74, 6) is 0.162. The minimum atomic E-state index is -4.07. The molecule has 0 aromatic carbocycles. The lowest BCUT2D eigenvalue weighted by Gasteiger charge is -2.14. The molecule has 0 aliphatic heterocycles. The first-order valence-corrected chi connectivity index (χ1v) is 11.9. The van der Waals surface area contributed by atoms with E-state index in [2.05, 4.69) is 19.8 Å². The number of hydrogen-bond acceptors (Lipinski definition) is 9. The fraction of sp³-hybridized carbons (Fsp3) is 0.273. The summed E-state index contributed by atoms with van der Waals surface area (Å²) in [6, 6.07) is 6.63. The molecule has 0 amide bonds. The molecular weight excluding hydrogens is 476 g/mol. The Morgan fingerprint density at radius 3 is 2.51 bits per heavy atom. The molecule has 4 aromatic rings. The number of pyridine rings is 2. The summed E-state index contributed by atoms with van der Waals surface area (Å²) >= 11 is 0. The quantitative estimate of drug-likeness (QED) is 0.341. The highest BCUT2D eigenvalue weighted by Gasteiger charge is 2.20. The highest BCUT2D eigenvalue weighted by atomic mass is 32.2. The molecule has 4 rings (SSSR count). The van der Waals surface area contributed by atoms with Crippen molar-refractivity contribution < 1.29 is 22.6 Å². The zero-order valence-corrected chi connectivity index (χ0v) is 20.4. The minimum absolute atomic E-state index is 0.0762. The normalized spacial score (nSPS) is 11.5. The van der Waals surface area contributed by atoms with E-state index in [9.17, 15) is 13.2 Å². The van der Waals surface area contributed by atoms with Gasteiger partial charge in [-0.05, 0) is 38.1 Å². The van der Waals surface area contributed by atoms with Crippen molar-refractivity contribution in [3.63, 3.8) is 0 Å². The predicted molar refractivity (Wildman–Crippen MR) is 128 cm³/mol. The fourth-order valence-electron chi connectivity index (χ4n) is 3.44. The van der Waals surface area contributed by atoms with Gasteiger partial charge in [-0.1, -0.05) is 0 Å². The summed E-state index contributed by atoms with van der Waals surface area (Å²) in [4.78, 5) is 21.4. The summed E-state index contributed by atoms with van der Waals surface area (Å²) in [5, 5.41) is 4.03. The van der Waals surface area contributed by atoms with Gasteiger partial charge in [0.15, 0.2) is 0 Å². The Kier molecular flexibility index (Phi) is 6.71. The van der Waals surface area contributed by atoms with Gasteiger partial charge in [-0.3, -0.25) is 13.9 Å². The van der Waals surface area contributed by atoms with Crippen molar-refractivity contribution in [1.29, 1.82) is 0 Å². The Labute approximate surface area is 201 Å². The maximum absolute atomic E-state index is 12.9. The van der Waals surface area contributed by atoms with E-state index in [0.29, 0.717) is 34.8 Å². The van der Waals surface area contributed by atoms with Crippen LogP contribution >= 0.6 is 0 Å². The molecule has 4 aromatic heterocycles. The number of aromatic nitrogens is 5. The molecule has 0 aliphatic rings. The van der Waals surface area contributed by atoms with Crippen LogP contribution in [0, 0.1) is 13.8 Å². The molecule has 0 unspecified atom stereocenters. The van der Waals surface area contributed by atoms with Gasteiger partial charge in [0.05, 0.1) is 31.3 Å². The Morgan fingerprint density at radius 1 is 1.03 bits per heavy atom. The summed E-state index contributed by atoms with van der Waals surface area (Å²) in [5.41, 5.74) is 2.29. The number of anilines is 1. The van der Waals surface area contributed by atoms with Crippen LogP contribution in [0.3, 0.4) is 0 Å².